The summed E-state index contributed by atoms with van der Waals surface area (Å²) in [6.45, 7) is 5.20. The van der Waals surface area contributed by atoms with Crippen LogP contribution in [0.25, 0.3) is 0 Å². The fourth-order valence-corrected chi connectivity index (χ4v) is 5.39. The second-order valence-corrected chi connectivity index (χ2v) is 11.2. The van der Waals surface area contributed by atoms with Gasteiger partial charge >= 0.3 is 11.9 Å². The molecule has 0 aromatic heterocycles. The van der Waals surface area contributed by atoms with Gasteiger partial charge in [0.25, 0.3) is 0 Å². The molecule has 0 bridgehead atoms. The minimum absolute atomic E-state index is 0.0693. The third-order valence-electron chi connectivity index (χ3n) is 7.35. The molecule has 42 heavy (non-hydrogen) atoms. The molecule has 2 fully saturated rings. The van der Waals surface area contributed by atoms with E-state index in [4.69, 9.17) is 28.4 Å². The number of esters is 1. The van der Waals surface area contributed by atoms with Gasteiger partial charge in [-0.1, -0.05) is 24.3 Å². The molecule has 2 N–H and O–H groups in total. The highest BCUT2D eigenvalue weighted by molar-refractivity contribution is 5.93. The van der Waals surface area contributed by atoms with E-state index in [9.17, 15) is 19.8 Å². The lowest BCUT2D eigenvalue weighted by Crippen LogP contribution is -2.38. The van der Waals surface area contributed by atoms with Crippen molar-refractivity contribution in [2.24, 2.45) is 5.92 Å². The lowest BCUT2D eigenvalue weighted by atomic mass is 9.96. The van der Waals surface area contributed by atoms with Crippen molar-refractivity contribution in [2.45, 2.75) is 76.2 Å². The van der Waals surface area contributed by atoms with E-state index in [0.717, 1.165) is 6.42 Å². The Morgan fingerprint density at radius 3 is 2.52 bits per heavy atom. The zero-order valence-corrected chi connectivity index (χ0v) is 24.6. The highest BCUT2D eigenvalue weighted by atomic mass is 16.8. The number of ether oxygens (including phenoxy) is 6. The molecular formula is C32H40O10. The van der Waals surface area contributed by atoms with E-state index in [1.165, 1.54) is 14.2 Å². The molecule has 10 heteroatoms. The molecule has 2 aliphatic rings. The highest BCUT2D eigenvalue weighted by Crippen LogP contribution is 2.54. The SMILES string of the molecule is COCOc1cc(OC)cc(C2C[C@H]2C[C@@H]2OC(C)(C)O[C@@H]2C(/C=C\C[C@H](C)O)OC(=O)c2ccccc2)c1C(=O)O. The molecular weight excluding hydrogens is 544 g/mol. The molecule has 1 aliphatic heterocycles. The minimum atomic E-state index is -1.10. The zero-order valence-electron chi connectivity index (χ0n) is 24.6. The molecule has 1 saturated carbocycles. The summed E-state index contributed by atoms with van der Waals surface area (Å²) in [5, 5.41) is 19.8. The molecule has 4 rings (SSSR count). The number of carboxylic acids is 1. The number of methoxy groups -OCH3 is 2. The van der Waals surface area contributed by atoms with Gasteiger partial charge in [-0.2, -0.15) is 0 Å². The van der Waals surface area contributed by atoms with Crippen molar-refractivity contribution in [3.8, 4) is 11.5 Å². The van der Waals surface area contributed by atoms with Crippen LogP contribution >= 0.6 is 0 Å². The Balaban J connectivity index is 1.57. The maximum absolute atomic E-state index is 13.0. The first-order valence-corrected chi connectivity index (χ1v) is 14.1. The predicted molar refractivity (Wildman–Crippen MR) is 153 cm³/mol. The van der Waals surface area contributed by atoms with E-state index < -0.39 is 42.1 Å². The third kappa shape index (κ3) is 7.89. The summed E-state index contributed by atoms with van der Waals surface area (Å²) >= 11 is 0. The van der Waals surface area contributed by atoms with E-state index in [2.05, 4.69) is 0 Å². The summed E-state index contributed by atoms with van der Waals surface area (Å²) in [5.74, 6) is -1.84. The fraction of sp³-hybridized carbons (Fsp3) is 0.500. The maximum Gasteiger partial charge on any atom is 0.339 e. The number of carbonyl (C=O) groups is 2. The van der Waals surface area contributed by atoms with Gasteiger partial charge in [-0.25, -0.2) is 9.59 Å². The number of rotatable bonds is 14. The molecule has 1 saturated heterocycles. The molecule has 2 aromatic rings. The standard InChI is InChI=1S/C32H40O10/c1-19(33)10-9-13-25(40-31(36)20-11-7-6-8-12-20)29-27(41-32(2,3)42-29)15-21-14-23(21)24-16-22(38-5)17-26(39-18-37-4)28(24)30(34)35/h6-9,11-13,16-17,19,21,23,25,27,29,33H,10,14-15,18H2,1-5H3,(H,34,35)/b13-9-/t19-,21-,23?,25?,27-,29+/m0/s1. The number of benzene rings is 2. The zero-order chi connectivity index (χ0) is 30.4. The van der Waals surface area contributed by atoms with Crippen LogP contribution in [-0.2, 0) is 18.9 Å². The van der Waals surface area contributed by atoms with Crippen LogP contribution in [0.4, 0.5) is 0 Å². The van der Waals surface area contributed by atoms with Crippen LogP contribution in [0.2, 0.25) is 0 Å². The van der Waals surface area contributed by atoms with Crippen molar-refractivity contribution in [1.29, 1.82) is 0 Å². The Kier molecular flexibility index (Phi) is 10.3. The first-order valence-electron chi connectivity index (χ1n) is 14.1. The van der Waals surface area contributed by atoms with Crippen LogP contribution in [0.15, 0.2) is 54.6 Å². The van der Waals surface area contributed by atoms with Crippen molar-refractivity contribution in [3.05, 3.63) is 71.3 Å². The molecule has 0 spiro atoms. The Morgan fingerprint density at radius 2 is 1.88 bits per heavy atom. The maximum atomic E-state index is 13.0. The molecule has 10 nitrogen and oxygen atoms in total. The molecule has 1 heterocycles. The van der Waals surface area contributed by atoms with E-state index in [-0.39, 0.29) is 29.9 Å². The van der Waals surface area contributed by atoms with Crippen LogP contribution in [0.1, 0.15) is 72.2 Å². The van der Waals surface area contributed by atoms with Crippen molar-refractivity contribution in [2.75, 3.05) is 21.0 Å². The second kappa shape index (κ2) is 13.7. The Morgan fingerprint density at radius 1 is 1.14 bits per heavy atom. The summed E-state index contributed by atoms with van der Waals surface area (Å²) in [6.07, 6.45) is 2.78. The van der Waals surface area contributed by atoms with Gasteiger partial charge < -0.3 is 38.6 Å². The van der Waals surface area contributed by atoms with E-state index in [1.807, 2.05) is 19.9 Å². The summed E-state index contributed by atoms with van der Waals surface area (Å²) in [6, 6.07) is 12.0. The van der Waals surface area contributed by atoms with Crippen molar-refractivity contribution >= 4 is 11.9 Å². The summed E-state index contributed by atoms with van der Waals surface area (Å²) < 4.78 is 34.5. The van der Waals surface area contributed by atoms with Crippen molar-refractivity contribution in [3.63, 3.8) is 0 Å². The smallest absolute Gasteiger partial charge is 0.339 e. The summed E-state index contributed by atoms with van der Waals surface area (Å²) in [4.78, 5) is 25.3. The average Bonchev–Trinajstić information content (AvgIpc) is 3.64. The fourth-order valence-electron chi connectivity index (χ4n) is 5.39. The molecule has 0 radical (unpaired) electrons. The molecule has 1 aliphatic carbocycles. The molecule has 2 unspecified atom stereocenters. The number of aromatic carboxylic acids is 1. The topological polar surface area (TPSA) is 130 Å². The van der Waals surface area contributed by atoms with Crippen LogP contribution < -0.4 is 9.47 Å². The second-order valence-electron chi connectivity index (χ2n) is 11.2. The molecule has 0 amide bonds. The monoisotopic (exact) mass is 584 g/mol. The van der Waals surface area contributed by atoms with Crippen LogP contribution in [0.5, 0.6) is 11.5 Å². The highest BCUT2D eigenvalue weighted by Gasteiger charge is 2.51. The predicted octanol–water partition coefficient (Wildman–Crippen LogP) is 4.94. The van der Waals surface area contributed by atoms with E-state index in [1.54, 1.807) is 55.5 Å². The van der Waals surface area contributed by atoms with Gasteiger partial charge in [-0.05, 0) is 81.7 Å². The lowest BCUT2D eigenvalue weighted by molar-refractivity contribution is -0.153. The number of carbonyl (C=O) groups excluding carboxylic acids is 1. The largest absolute Gasteiger partial charge is 0.497 e. The summed E-state index contributed by atoms with van der Waals surface area (Å²) in [5.41, 5.74) is 1.11. The Hall–Kier alpha value is -3.44. The van der Waals surface area contributed by atoms with Gasteiger partial charge in [0, 0.05) is 13.2 Å². The molecule has 228 valence electrons. The van der Waals surface area contributed by atoms with Gasteiger partial charge in [-0.15, -0.1) is 0 Å². The van der Waals surface area contributed by atoms with Gasteiger partial charge in [0.2, 0.25) is 0 Å². The minimum Gasteiger partial charge on any atom is -0.497 e. The van der Waals surface area contributed by atoms with E-state index >= 15 is 0 Å². The molecule has 2 aromatic carbocycles. The number of hydrogen-bond donors (Lipinski definition) is 2. The number of hydrogen-bond acceptors (Lipinski definition) is 9. The normalized spacial score (nSPS) is 24.2. The average molecular weight is 585 g/mol. The van der Waals surface area contributed by atoms with Crippen molar-refractivity contribution in [1.82, 2.24) is 0 Å². The number of aliphatic hydroxyl groups excluding tert-OH is 1. The van der Waals surface area contributed by atoms with Crippen molar-refractivity contribution < 1.29 is 48.2 Å². The quantitative estimate of drug-likeness (QED) is 0.179. The van der Waals surface area contributed by atoms with Gasteiger partial charge in [-0.3, -0.25) is 0 Å². The van der Waals surface area contributed by atoms with E-state index in [0.29, 0.717) is 29.7 Å². The number of aliphatic hydroxyl groups is 1. The number of carboxylic acid groups (broad SMARTS) is 1. The van der Waals surface area contributed by atoms with Gasteiger partial charge in [0.05, 0.1) is 24.9 Å². The lowest BCUT2D eigenvalue weighted by Gasteiger charge is -2.25. The Labute approximate surface area is 246 Å². The van der Waals surface area contributed by atoms with Gasteiger partial charge in [0.15, 0.2) is 12.6 Å². The summed E-state index contributed by atoms with van der Waals surface area (Å²) in [7, 11) is 2.98. The van der Waals surface area contributed by atoms with Crippen LogP contribution in [-0.4, -0.2) is 73.4 Å². The van der Waals surface area contributed by atoms with Crippen LogP contribution in [0, 0.1) is 5.92 Å². The Bertz CT molecular complexity index is 1260. The first kappa shape index (κ1) is 31.5. The van der Waals surface area contributed by atoms with Crippen LogP contribution in [0.3, 0.4) is 0 Å². The third-order valence-corrected chi connectivity index (χ3v) is 7.35. The molecule has 6 atom stereocenters. The first-order chi connectivity index (χ1) is 20.0. The van der Waals surface area contributed by atoms with Gasteiger partial charge in [0.1, 0.15) is 29.3 Å².